The van der Waals surface area contributed by atoms with E-state index in [2.05, 4.69) is 4.98 Å². The number of carbonyl (C=O) groups is 2. The molecule has 1 amide bonds. The molecule has 0 unspecified atom stereocenters. The Morgan fingerprint density at radius 1 is 0.857 bits per heavy atom. The summed E-state index contributed by atoms with van der Waals surface area (Å²) in [6, 6.07) is 25.6. The van der Waals surface area contributed by atoms with E-state index >= 15 is 0 Å². The van der Waals surface area contributed by atoms with Gasteiger partial charge in [-0.1, -0.05) is 66.7 Å². The number of hydrogen-bond donors (Lipinski definition) is 0. The quantitative estimate of drug-likeness (QED) is 0.179. The van der Waals surface area contributed by atoms with E-state index in [-0.39, 0.29) is 30.9 Å². The van der Waals surface area contributed by atoms with Crippen LogP contribution in [0.15, 0.2) is 85.1 Å². The SMILES string of the molecule is COCc1c(C(=O)OC(C)C)ncc2c1c1c(OCc3ccccc3)cccc1n2CC(=O)N(C)Cc1ccccc1. The molecule has 5 rings (SSSR count). The molecule has 0 saturated heterocycles. The van der Waals surface area contributed by atoms with Crippen molar-refractivity contribution in [3.05, 3.63) is 107 Å². The summed E-state index contributed by atoms with van der Waals surface area (Å²) >= 11 is 0. The molecule has 8 heteroatoms. The Morgan fingerprint density at radius 2 is 1.55 bits per heavy atom. The lowest BCUT2D eigenvalue weighted by Gasteiger charge is -2.18. The van der Waals surface area contributed by atoms with Crippen LogP contribution in [-0.2, 0) is 40.6 Å². The van der Waals surface area contributed by atoms with Crippen LogP contribution < -0.4 is 4.74 Å². The summed E-state index contributed by atoms with van der Waals surface area (Å²) < 4.78 is 19.4. The van der Waals surface area contributed by atoms with E-state index < -0.39 is 5.97 Å². The fourth-order valence-electron chi connectivity index (χ4n) is 5.11. The van der Waals surface area contributed by atoms with Crippen molar-refractivity contribution >= 4 is 33.7 Å². The number of carbonyl (C=O) groups excluding carboxylic acids is 2. The second kappa shape index (κ2) is 12.9. The van der Waals surface area contributed by atoms with Crippen LogP contribution in [-0.4, -0.2) is 46.6 Å². The number of aromatic nitrogens is 2. The monoisotopic (exact) mass is 565 g/mol. The molecule has 2 aromatic heterocycles. The Hall–Kier alpha value is -4.69. The number of nitrogens with zero attached hydrogens (tertiary/aromatic N) is 3. The summed E-state index contributed by atoms with van der Waals surface area (Å²) in [7, 11) is 3.37. The molecule has 0 bridgehead atoms. The van der Waals surface area contributed by atoms with E-state index in [1.165, 1.54) is 0 Å². The molecule has 0 fully saturated rings. The molecule has 3 aromatic carbocycles. The maximum Gasteiger partial charge on any atom is 0.357 e. The standard InChI is InChI=1S/C34H35N3O5/c1-23(2)42-34(39)33-26(22-40-4)31-28(18-35-33)37(20-30(38)36(3)19-24-12-7-5-8-13-24)27-16-11-17-29(32(27)31)41-21-25-14-9-6-10-15-25/h5-18,23H,19-22H2,1-4H3. The van der Waals surface area contributed by atoms with Gasteiger partial charge in [-0.2, -0.15) is 0 Å². The van der Waals surface area contributed by atoms with Gasteiger partial charge in [0, 0.05) is 31.7 Å². The summed E-state index contributed by atoms with van der Waals surface area (Å²) in [5, 5.41) is 1.54. The Bertz CT molecular complexity index is 1700. The average Bonchev–Trinajstić information content (AvgIpc) is 3.31. The van der Waals surface area contributed by atoms with Crippen LogP contribution >= 0.6 is 0 Å². The summed E-state index contributed by atoms with van der Waals surface area (Å²) in [6.07, 6.45) is 1.32. The van der Waals surface area contributed by atoms with Gasteiger partial charge in [0.15, 0.2) is 5.69 Å². The molecular formula is C34H35N3O5. The predicted octanol–water partition coefficient (Wildman–Crippen LogP) is 6.14. The maximum absolute atomic E-state index is 13.6. The Balaban J connectivity index is 1.64. The molecule has 0 N–H and O–H groups in total. The zero-order chi connectivity index (χ0) is 29.6. The van der Waals surface area contributed by atoms with Crippen molar-refractivity contribution in [2.45, 2.75) is 46.3 Å². The maximum atomic E-state index is 13.6. The van der Waals surface area contributed by atoms with Crippen molar-refractivity contribution in [2.75, 3.05) is 14.2 Å². The van der Waals surface area contributed by atoms with Gasteiger partial charge in [-0.15, -0.1) is 0 Å². The minimum Gasteiger partial charge on any atom is -0.488 e. The van der Waals surface area contributed by atoms with Crippen LogP contribution in [0.4, 0.5) is 0 Å². The highest BCUT2D eigenvalue weighted by Gasteiger charge is 2.26. The molecular weight excluding hydrogens is 530 g/mol. The fraction of sp³-hybridized carbons (Fsp3) is 0.265. The molecule has 0 aliphatic rings. The van der Waals surface area contributed by atoms with Gasteiger partial charge in [0.1, 0.15) is 18.9 Å². The van der Waals surface area contributed by atoms with Crippen LogP contribution in [0.5, 0.6) is 5.75 Å². The van der Waals surface area contributed by atoms with Gasteiger partial charge >= 0.3 is 5.97 Å². The van der Waals surface area contributed by atoms with E-state index in [0.29, 0.717) is 30.0 Å². The van der Waals surface area contributed by atoms with Gasteiger partial charge < -0.3 is 23.7 Å². The lowest BCUT2D eigenvalue weighted by molar-refractivity contribution is -0.130. The largest absolute Gasteiger partial charge is 0.488 e. The number of pyridine rings is 1. The zero-order valence-corrected chi connectivity index (χ0v) is 24.4. The number of benzene rings is 3. The highest BCUT2D eigenvalue weighted by molar-refractivity contribution is 6.14. The first-order valence-electron chi connectivity index (χ1n) is 13.9. The van der Waals surface area contributed by atoms with Gasteiger partial charge in [-0.3, -0.25) is 4.79 Å². The molecule has 0 spiro atoms. The summed E-state index contributed by atoms with van der Waals surface area (Å²) in [6.45, 7) is 4.64. The number of fused-ring (bicyclic) bond motifs is 3. The van der Waals surface area contributed by atoms with Gasteiger partial charge in [-0.05, 0) is 37.1 Å². The Kier molecular flexibility index (Phi) is 8.83. The third-order valence-corrected chi connectivity index (χ3v) is 7.04. The molecule has 0 aliphatic carbocycles. The lowest BCUT2D eigenvalue weighted by Crippen LogP contribution is -2.29. The van der Waals surface area contributed by atoms with E-state index in [4.69, 9.17) is 14.2 Å². The molecule has 0 radical (unpaired) electrons. The minimum absolute atomic E-state index is 0.0650. The normalized spacial score (nSPS) is 11.3. The molecule has 2 heterocycles. The van der Waals surface area contributed by atoms with Crippen molar-refractivity contribution in [3.63, 3.8) is 0 Å². The topological polar surface area (TPSA) is 82.9 Å². The average molecular weight is 566 g/mol. The van der Waals surface area contributed by atoms with E-state index in [9.17, 15) is 9.59 Å². The van der Waals surface area contributed by atoms with E-state index in [1.54, 1.807) is 39.1 Å². The molecule has 5 aromatic rings. The van der Waals surface area contributed by atoms with Crippen LogP contribution in [0.1, 0.15) is 41.0 Å². The van der Waals surface area contributed by atoms with Crippen molar-refractivity contribution in [2.24, 2.45) is 0 Å². The van der Waals surface area contributed by atoms with Crippen molar-refractivity contribution < 1.29 is 23.8 Å². The zero-order valence-electron chi connectivity index (χ0n) is 24.4. The number of rotatable bonds is 11. The molecule has 0 atom stereocenters. The number of hydrogen-bond acceptors (Lipinski definition) is 6. The van der Waals surface area contributed by atoms with Crippen molar-refractivity contribution in [1.29, 1.82) is 0 Å². The molecule has 216 valence electrons. The number of amides is 1. The van der Waals surface area contributed by atoms with Gasteiger partial charge in [0.05, 0.1) is 35.3 Å². The highest BCUT2D eigenvalue weighted by Crippen LogP contribution is 2.39. The number of likely N-dealkylation sites (N-methyl/N-ethyl adjacent to an activating group) is 1. The lowest BCUT2D eigenvalue weighted by atomic mass is 10.0. The van der Waals surface area contributed by atoms with Gasteiger partial charge in [-0.25, -0.2) is 9.78 Å². The molecule has 8 nitrogen and oxygen atoms in total. The smallest absolute Gasteiger partial charge is 0.357 e. The van der Waals surface area contributed by atoms with Crippen LogP contribution in [0, 0.1) is 0 Å². The highest BCUT2D eigenvalue weighted by atomic mass is 16.5. The van der Waals surface area contributed by atoms with Crippen LogP contribution in [0.25, 0.3) is 21.8 Å². The first kappa shape index (κ1) is 28.8. The van der Waals surface area contributed by atoms with Gasteiger partial charge in [0.2, 0.25) is 5.91 Å². The summed E-state index contributed by atoms with van der Waals surface area (Å²) in [5.74, 6) is 0.0444. The number of ether oxygens (including phenoxy) is 3. The van der Waals surface area contributed by atoms with Crippen LogP contribution in [0.3, 0.4) is 0 Å². The summed E-state index contributed by atoms with van der Waals surface area (Å²) in [4.78, 5) is 32.9. The van der Waals surface area contributed by atoms with E-state index in [0.717, 1.165) is 27.4 Å². The van der Waals surface area contributed by atoms with Crippen molar-refractivity contribution in [1.82, 2.24) is 14.5 Å². The molecule has 0 aliphatic heterocycles. The third kappa shape index (κ3) is 6.14. The molecule has 42 heavy (non-hydrogen) atoms. The fourth-order valence-corrected chi connectivity index (χ4v) is 5.11. The first-order valence-corrected chi connectivity index (χ1v) is 13.9. The second-order valence-electron chi connectivity index (χ2n) is 10.5. The van der Waals surface area contributed by atoms with Crippen molar-refractivity contribution in [3.8, 4) is 5.75 Å². The Morgan fingerprint density at radius 3 is 2.21 bits per heavy atom. The van der Waals surface area contributed by atoms with E-state index in [1.807, 2.05) is 83.4 Å². The number of methoxy groups -OCH3 is 1. The minimum atomic E-state index is -0.527. The second-order valence-corrected chi connectivity index (χ2v) is 10.5. The molecule has 0 saturated carbocycles. The Labute approximate surface area is 245 Å². The van der Waals surface area contributed by atoms with Crippen LogP contribution in [0.2, 0.25) is 0 Å². The first-order chi connectivity index (χ1) is 20.4. The van der Waals surface area contributed by atoms with Gasteiger partial charge in [0.25, 0.3) is 0 Å². The summed E-state index contributed by atoms with van der Waals surface area (Å²) in [5.41, 5.74) is 4.34. The third-order valence-electron chi connectivity index (χ3n) is 7.04. The number of esters is 1. The predicted molar refractivity (Wildman–Crippen MR) is 162 cm³/mol.